The molecule has 1 aliphatic heterocycles. The maximum Gasteiger partial charge on any atom is 0.490 e. The Kier molecular flexibility index (Phi) is 6.93. The van der Waals surface area contributed by atoms with Crippen molar-refractivity contribution in [1.82, 2.24) is 14.7 Å². The zero-order valence-corrected chi connectivity index (χ0v) is 17.1. The van der Waals surface area contributed by atoms with E-state index in [1.807, 2.05) is 16.8 Å². The molecule has 0 amide bonds. The molecule has 2 aromatic carbocycles. The van der Waals surface area contributed by atoms with Crippen LogP contribution in [0.3, 0.4) is 0 Å². The number of carbonyl (C=O) groups is 2. The van der Waals surface area contributed by atoms with Crippen molar-refractivity contribution >= 4 is 22.7 Å². The number of likely N-dealkylation sites (tertiary alicyclic amines) is 1. The predicted octanol–water partition coefficient (Wildman–Crippen LogP) is 4.14. The molecule has 32 heavy (non-hydrogen) atoms. The normalized spacial score (nSPS) is 14.5. The molecule has 0 unspecified atom stereocenters. The number of para-hydroxylation sites is 1. The molecule has 3 aromatic rings. The lowest BCUT2D eigenvalue weighted by molar-refractivity contribution is -0.192. The summed E-state index contributed by atoms with van der Waals surface area (Å²) in [6.45, 7) is 5.13. The van der Waals surface area contributed by atoms with Gasteiger partial charge in [0, 0.05) is 43.0 Å². The minimum absolute atomic E-state index is 0.00927. The number of alkyl halides is 3. The van der Waals surface area contributed by atoms with Crippen molar-refractivity contribution in [2.24, 2.45) is 5.92 Å². The summed E-state index contributed by atoms with van der Waals surface area (Å²) >= 11 is 0. The van der Waals surface area contributed by atoms with Gasteiger partial charge >= 0.3 is 12.1 Å². The predicted molar refractivity (Wildman–Crippen MR) is 109 cm³/mol. The molecule has 2 heterocycles. The first-order valence-electron chi connectivity index (χ1n) is 9.86. The molecule has 0 atom stereocenters. The number of benzene rings is 2. The third-order valence-electron chi connectivity index (χ3n) is 5.11. The smallest absolute Gasteiger partial charge is 0.475 e. The highest BCUT2D eigenvalue weighted by Crippen LogP contribution is 2.26. The molecule has 0 spiro atoms. The van der Waals surface area contributed by atoms with E-state index in [2.05, 4.69) is 24.0 Å². The summed E-state index contributed by atoms with van der Waals surface area (Å²) < 4.78 is 46.7. The van der Waals surface area contributed by atoms with E-state index >= 15 is 0 Å². The van der Waals surface area contributed by atoms with Gasteiger partial charge in [-0.15, -0.1) is 0 Å². The Balaban J connectivity index is 0.000000360. The van der Waals surface area contributed by atoms with E-state index in [9.17, 15) is 22.4 Å². The van der Waals surface area contributed by atoms with Crippen molar-refractivity contribution < 1.29 is 32.3 Å². The van der Waals surface area contributed by atoms with Gasteiger partial charge < -0.3 is 5.11 Å². The molecule has 0 bridgehead atoms. The fourth-order valence-electron chi connectivity index (χ4n) is 3.48. The molecule has 4 rings (SSSR count). The summed E-state index contributed by atoms with van der Waals surface area (Å²) in [5.74, 6) is -2.98. The molecule has 1 N–H and O–H groups in total. The van der Waals surface area contributed by atoms with Gasteiger partial charge in [0.2, 0.25) is 0 Å². The zero-order chi connectivity index (χ0) is 23.5. The molecule has 170 valence electrons. The first-order valence-corrected chi connectivity index (χ1v) is 9.86. The molecule has 0 aliphatic carbocycles. The number of aryl methyl sites for hydroxylation is 1. The van der Waals surface area contributed by atoms with Crippen LogP contribution in [-0.2, 0) is 17.9 Å². The highest BCUT2D eigenvalue weighted by Gasteiger charge is 2.38. The van der Waals surface area contributed by atoms with Gasteiger partial charge in [-0.2, -0.15) is 18.3 Å². The van der Waals surface area contributed by atoms with E-state index < -0.39 is 12.1 Å². The van der Waals surface area contributed by atoms with Crippen LogP contribution in [0.4, 0.5) is 17.6 Å². The van der Waals surface area contributed by atoms with Crippen LogP contribution in [0.5, 0.6) is 0 Å². The van der Waals surface area contributed by atoms with Crippen LogP contribution in [0.15, 0.2) is 48.5 Å². The number of hydrogen-bond acceptors (Lipinski definition) is 4. The number of carbonyl (C=O) groups excluding carboxylic acids is 1. The Morgan fingerprint density at radius 3 is 2.25 bits per heavy atom. The lowest BCUT2D eigenvalue weighted by Crippen LogP contribution is -2.49. The van der Waals surface area contributed by atoms with E-state index in [4.69, 9.17) is 15.0 Å². The first-order chi connectivity index (χ1) is 15.1. The van der Waals surface area contributed by atoms with Crippen LogP contribution in [0.25, 0.3) is 10.9 Å². The Hall–Kier alpha value is -3.27. The van der Waals surface area contributed by atoms with Gasteiger partial charge in [-0.05, 0) is 37.3 Å². The van der Waals surface area contributed by atoms with Gasteiger partial charge in [0.1, 0.15) is 5.82 Å². The number of aliphatic carboxylic acids is 1. The fraction of sp³-hybridized carbons (Fsp3) is 0.318. The number of hydrogen-bond donors (Lipinski definition) is 1. The monoisotopic (exact) mass is 451 g/mol. The van der Waals surface area contributed by atoms with Crippen molar-refractivity contribution in [3.63, 3.8) is 0 Å². The third-order valence-corrected chi connectivity index (χ3v) is 5.11. The second kappa shape index (κ2) is 9.47. The molecule has 0 saturated carbocycles. The van der Waals surface area contributed by atoms with Crippen molar-refractivity contribution in [1.29, 1.82) is 0 Å². The maximum absolute atomic E-state index is 13.0. The fourth-order valence-corrected chi connectivity index (χ4v) is 3.48. The summed E-state index contributed by atoms with van der Waals surface area (Å²) in [5.41, 5.74) is 2.80. The quantitative estimate of drug-likeness (QED) is 0.466. The summed E-state index contributed by atoms with van der Waals surface area (Å²) in [6.07, 6.45) is -5.08. The van der Waals surface area contributed by atoms with Crippen LogP contribution < -0.4 is 0 Å². The standard InChI is InChI=1S/C20H20FN3O.C2HF3O2/c1-2-24-19-6-4-3-5-17(19)18(22-24)13-23-11-15(12-23)20(25)14-7-9-16(21)10-8-14;3-2(4,5)1(6)7/h3-10,15H,2,11-13H2,1H3;(H,6,7). The van der Waals surface area contributed by atoms with E-state index in [-0.39, 0.29) is 17.5 Å². The molecule has 6 nitrogen and oxygen atoms in total. The Bertz CT molecular complexity index is 1100. The van der Waals surface area contributed by atoms with Crippen molar-refractivity contribution in [2.75, 3.05) is 13.1 Å². The van der Waals surface area contributed by atoms with Crippen molar-refractivity contribution in [2.45, 2.75) is 26.2 Å². The number of Topliss-reactive ketones (excluding diaryl/α,β-unsaturated/α-hetero) is 1. The number of carboxylic acids is 1. The average molecular weight is 451 g/mol. The molecule has 1 saturated heterocycles. The SMILES string of the molecule is CCn1nc(CN2CC(C(=O)c3ccc(F)cc3)C2)c2ccccc21.O=C(O)C(F)(F)F. The molecule has 0 radical (unpaired) electrons. The van der Waals surface area contributed by atoms with Crippen LogP contribution in [0.1, 0.15) is 23.0 Å². The topological polar surface area (TPSA) is 75.4 Å². The summed E-state index contributed by atoms with van der Waals surface area (Å²) in [7, 11) is 0. The summed E-state index contributed by atoms with van der Waals surface area (Å²) in [4.78, 5) is 23.6. The number of ketones is 1. The number of rotatable bonds is 5. The Morgan fingerprint density at radius 1 is 1.09 bits per heavy atom. The van der Waals surface area contributed by atoms with Gasteiger partial charge in [-0.1, -0.05) is 18.2 Å². The molecule has 1 fully saturated rings. The van der Waals surface area contributed by atoms with Gasteiger partial charge in [-0.3, -0.25) is 14.4 Å². The molecular weight excluding hydrogens is 430 g/mol. The van der Waals surface area contributed by atoms with Crippen LogP contribution in [0, 0.1) is 11.7 Å². The molecule has 1 aromatic heterocycles. The number of halogens is 4. The molecular formula is C22H21F4N3O3. The highest BCUT2D eigenvalue weighted by molar-refractivity contribution is 5.98. The first kappa shape index (κ1) is 23.4. The Labute approximate surface area is 181 Å². The third kappa shape index (κ3) is 5.31. The maximum atomic E-state index is 13.0. The average Bonchev–Trinajstić information content (AvgIpc) is 3.08. The van der Waals surface area contributed by atoms with Crippen molar-refractivity contribution in [3.05, 3.63) is 65.6 Å². The van der Waals surface area contributed by atoms with Gasteiger partial charge in [-0.25, -0.2) is 9.18 Å². The van der Waals surface area contributed by atoms with Gasteiger partial charge in [0.05, 0.1) is 11.2 Å². The summed E-state index contributed by atoms with van der Waals surface area (Å²) in [5, 5.41) is 13.0. The lowest BCUT2D eigenvalue weighted by atomic mass is 9.90. The number of aromatic nitrogens is 2. The lowest BCUT2D eigenvalue weighted by Gasteiger charge is -2.37. The van der Waals surface area contributed by atoms with Crippen molar-refractivity contribution in [3.8, 4) is 0 Å². The van der Waals surface area contributed by atoms with E-state index in [1.54, 1.807) is 12.1 Å². The Morgan fingerprint density at radius 2 is 1.69 bits per heavy atom. The minimum atomic E-state index is -5.08. The van der Waals surface area contributed by atoms with Gasteiger partial charge in [0.25, 0.3) is 0 Å². The molecule has 1 aliphatic rings. The van der Waals surface area contributed by atoms with E-state index in [1.165, 1.54) is 17.5 Å². The highest BCUT2D eigenvalue weighted by atomic mass is 19.4. The van der Waals surface area contributed by atoms with Crippen LogP contribution in [0.2, 0.25) is 0 Å². The summed E-state index contributed by atoms with van der Waals surface area (Å²) in [6, 6.07) is 14.1. The van der Waals surface area contributed by atoms with E-state index in [0.29, 0.717) is 5.56 Å². The van der Waals surface area contributed by atoms with Gasteiger partial charge in [0.15, 0.2) is 5.78 Å². The molecule has 10 heteroatoms. The minimum Gasteiger partial charge on any atom is -0.475 e. The largest absolute Gasteiger partial charge is 0.490 e. The second-order valence-corrected chi connectivity index (χ2v) is 7.34. The van der Waals surface area contributed by atoms with E-state index in [0.717, 1.165) is 37.4 Å². The van der Waals surface area contributed by atoms with Crippen LogP contribution >= 0.6 is 0 Å². The number of fused-ring (bicyclic) bond motifs is 1. The van der Waals surface area contributed by atoms with Crippen LogP contribution in [-0.4, -0.2) is 50.8 Å². The number of nitrogens with zero attached hydrogens (tertiary/aromatic N) is 3. The second-order valence-electron chi connectivity index (χ2n) is 7.34. The zero-order valence-electron chi connectivity index (χ0n) is 17.1. The number of carboxylic acid groups (broad SMARTS) is 1.